The molecule has 0 atom stereocenters. The summed E-state index contributed by atoms with van der Waals surface area (Å²) in [6.45, 7) is 9.63. The van der Waals surface area contributed by atoms with Crippen molar-refractivity contribution in [2.24, 2.45) is 5.41 Å². The fourth-order valence-corrected chi connectivity index (χ4v) is 8.64. The summed E-state index contributed by atoms with van der Waals surface area (Å²) in [6.07, 6.45) is 6.15. The third-order valence-corrected chi connectivity index (χ3v) is 11.6. The maximum absolute atomic E-state index is 14.0. The first-order valence-electron chi connectivity index (χ1n) is 17.7. The molecule has 0 radical (unpaired) electrons. The van der Waals surface area contributed by atoms with E-state index in [1.807, 2.05) is 63.2 Å². The van der Waals surface area contributed by atoms with Gasteiger partial charge in [-0.25, -0.2) is 4.98 Å². The molecular weight excluding hydrogens is 673 g/mol. The van der Waals surface area contributed by atoms with Crippen LogP contribution in [0.25, 0.3) is 10.6 Å². The summed E-state index contributed by atoms with van der Waals surface area (Å²) >= 11 is 1.39. The molecule has 2 N–H and O–H groups in total. The third-order valence-electron chi connectivity index (χ3n) is 10.4. The standard InChI is InChI=1S/C41H40N6O4S/c1-25-20-31(37(43-22-25)46-23-41(24-46)14-18-51-19-15-41)38(48)44-30-11-9-28(10-12-30)40(50)47-17-13-29-21-33(52-36(29)35-32(47)8-5-16-42-35)39(49)45-34-26(2)6-4-7-27(34)3/h4-12,16,20-22H,13-15,17-19,23-24H2,1-3H3,(H,44,48)(H,45,49). The van der Waals surface area contributed by atoms with Gasteiger partial charge < -0.3 is 25.2 Å². The number of carbonyl (C=O) groups is 3. The normalized spacial score (nSPS) is 16.0. The van der Waals surface area contributed by atoms with Gasteiger partial charge in [0.2, 0.25) is 0 Å². The summed E-state index contributed by atoms with van der Waals surface area (Å²) in [5.41, 5.74) is 7.97. The number of ether oxygens (including phenoxy) is 1. The van der Waals surface area contributed by atoms with Crippen molar-refractivity contribution in [1.82, 2.24) is 9.97 Å². The molecule has 2 fully saturated rings. The average molecular weight is 713 g/mol. The van der Waals surface area contributed by atoms with Crippen LogP contribution in [0.5, 0.6) is 0 Å². The molecule has 0 aliphatic carbocycles. The summed E-state index contributed by atoms with van der Waals surface area (Å²) < 4.78 is 5.57. The van der Waals surface area contributed by atoms with Crippen molar-refractivity contribution in [1.29, 1.82) is 0 Å². The van der Waals surface area contributed by atoms with Crippen molar-refractivity contribution in [2.75, 3.05) is 53.3 Å². The Hall–Kier alpha value is -5.39. The maximum Gasteiger partial charge on any atom is 0.265 e. The smallest absolute Gasteiger partial charge is 0.265 e. The van der Waals surface area contributed by atoms with E-state index in [1.54, 1.807) is 41.6 Å². The predicted molar refractivity (Wildman–Crippen MR) is 205 cm³/mol. The molecule has 6 heterocycles. The molecule has 2 saturated heterocycles. The third kappa shape index (κ3) is 6.35. The molecule has 3 aliphatic rings. The van der Waals surface area contributed by atoms with Gasteiger partial charge in [-0.15, -0.1) is 11.3 Å². The molecule has 3 aromatic heterocycles. The first-order valence-corrected chi connectivity index (χ1v) is 18.5. The van der Waals surface area contributed by atoms with Crippen molar-refractivity contribution >= 4 is 51.9 Å². The number of pyridine rings is 2. The number of nitrogens with zero attached hydrogens (tertiary/aromatic N) is 4. The van der Waals surface area contributed by atoms with Crippen molar-refractivity contribution < 1.29 is 19.1 Å². The molecule has 0 saturated carbocycles. The van der Waals surface area contributed by atoms with Crippen LogP contribution in [-0.4, -0.2) is 60.5 Å². The summed E-state index contributed by atoms with van der Waals surface area (Å²) in [4.78, 5) is 55.8. The number of amides is 3. The van der Waals surface area contributed by atoms with E-state index in [-0.39, 0.29) is 23.1 Å². The Morgan fingerprint density at radius 1 is 0.865 bits per heavy atom. The second-order valence-corrected chi connectivity index (χ2v) is 15.2. The molecule has 8 rings (SSSR count). The Morgan fingerprint density at radius 3 is 2.37 bits per heavy atom. The Kier molecular flexibility index (Phi) is 8.84. The lowest BCUT2D eigenvalue weighted by atomic mass is 9.73. The number of thiophene rings is 1. The Balaban J connectivity index is 0.976. The fourth-order valence-electron chi connectivity index (χ4n) is 7.53. The van der Waals surface area contributed by atoms with Gasteiger partial charge in [-0.05, 0) is 111 Å². The highest BCUT2D eigenvalue weighted by atomic mass is 32.1. The van der Waals surface area contributed by atoms with E-state index in [0.29, 0.717) is 51.9 Å². The summed E-state index contributed by atoms with van der Waals surface area (Å²) in [6, 6.07) is 20.5. The highest BCUT2D eigenvalue weighted by Crippen LogP contribution is 2.43. The number of rotatable bonds is 6. The second kappa shape index (κ2) is 13.6. The number of benzene rings is 2. The SMILES string of the molecule is Cc1cnc(N2CC3(CCOCC3)C2)c(C(=O)Nc2ccc(C(=O)N3CCc4cc(C(=O)Nc5c(C)cccc5C)sc4-c4ncccc43)cc2)c1. The summed E-state index contributed by atoms with van der Waals surface area (Å²) in [5.74, 6) is 0.134. The van der Waals surface area contributed by atoms with Crippen LogP contribution in [0, 0.1) is 26.2 Å². The van der Waals surface area contributed by atoms with E-state index in [9.17, 15) is 14.4 Å². The molecule has 3 aliphatic heterocycles. The lowest BCUT2D eigenvalue weighted by Crippen LogP contribution is -2.59. The lowest BCUT2D eigenvalue weighted by Gasteiger charge is -2.53. The van der Waals surface area contributed by atoms with Gasteiger partial charge >= 0.3 is 0 Å². The van der Waals surface area contributed by atoms with Gasteiger partial charge in [0.25, 0.3) is 17.7 Å². The maximum atomic E-state index is 14.0. The van der Waals surface area contributed by atoms with Gasteiger partial charge in [-0.2, -0.15) is 0 Å². The van der Waals surface area contributed by atoms with Crippen LogP contribution in [-0.2, 0) is 11.2 Å². The van der Waals surface area contributed by atoms with Gasteiger partial charge in [0.05, 0.1) is 21.0 Å². The number of hydrogen-bond acceptors (Lipinski definition) is 8. The molecule has 11 heteroatoms. The van der Waals surface area contributed by atoms with Crippen molar-refractivity contribution in [3.05, 3.63) is 117 Å². The minimum Gasteiger partial charge on any atom is -0.381 e. The molecule has 0 bridgehead atoms. The zero-order valence-electron chi connectivity index (χ0n) is 29.5. The van der Waals surface area contributed by atoms with Crippen LogP contribution in [0.3, 0.4) is 0 Å². The molecule has 52 heavy (non-hydrogen) atoms. The number of para-hydroxylation sites is 1. The minimum atomic E-state index is -0.237. The largest absolute Gasteiger partial charge is 0.381 e. The number of hydrogen-bond donors (Lipinski definition) is 2. The van der Waals surface area contributed by atoms with Crippen molar-refractivity contribution in [3.8, 4) is 10.6 Å². The van der Waals surface area contributed by atoms with E-state index in [2.05, 4.69) is 20.5 Å². The monoisotopic (exact) mass is 712 g/mol. The summed E-state index contributed by atoms with van der Waals surface area (Å²) in [5, 5.41) is 6.12. The molecule has 10 nitrogen and oxygen atoms in total. The van der Waals surface area contributed by atoms with Crippen LogP contribution >= 0.6 is 11.3 Å². The van der Waals surface area contributed by atoms with Gasteiger partial charge in [0.15, 0.2) is 0 Å². The first kappa shape index (κ1) is 33.7. The Labute approximate surface area is 306 Å². The van der Waals surface area contributed by atoms with E-state index < -0.39 is 0 Å². The van der Waals surface area contributed by atoms with Crippen molar-refractivity contribution in [2.45, 2.75) is 40.0 Å². The molecule has 5 aromatic rings. The number of aromatic nitrogens is 2. The second-order valence-electron chi connectivity index (χ2n) is 14.1. The number of carbonyl (C=O) groups excluding carboxylic acids is 3. The van der Waals surface area contributed by atoms with Crippen LogP contribution in [0.1, 0.15) is 65.5 Å². The topological polar surface area (TPSA) is 117 Å². The Morgan fingerprint density at radius 2 is 1.62 bits per heavy atom. The highest BCUT2D eigenvalue weighted by molar-refractivity contribution is 7.17. The highest BCUT2D eigenvalue weighted by Gasteiger charge is 2.45. The Bertz CT molecular complexity index is 2180. The van der Waals surface area contributed by atoms with Crippen LogP contribution < -0.4 is 20.4 Å². The first-order chi connectivity index (χ1) is 25.2. The van der Waals surface area contributed by atoms with Gasteiger partial charge in [0, 0.05) is 67.6 Å². The number of nitrogens with one attached hydrogen (secondary N) is 2. The number of aryl methyl sites for hydroxylation is 3. The fraction of sp³-hybridized carbons (Fsp3) is 0.293. The van der Waals surface area contributed by atoms with Gasteiger partial charge in [0.1, 0.15) is 11.5 Å². The van der Waals surface area contributed by atoms with E-state index >= 15 is 0 Å². The zero-order valence-corrected chi connectivity index (χ0v) is 30.3. The molecule has 1 spiro atoms. The van der Waals surface area contributed by atoms with Crippen LogP contribution in [0.4, 0.5) is 22.9 Å². The molecule has 264 valence electrons. The zero-order chi connectivity index (χ0) is 36.0. The van der Waals surface area contributed by atoms with Gasteiger partial charge in [-0.3, -0.25) is 19.4 Å². The van der Waals surface area contributed by atoms with E-state index in [4.69, 9.17) is 9.72 Å². The average Bonchev–Trinajstić information content (AvgIpc) is 3.51. The van der Waals surface area contributed by atoms with Gasteiger partial charge in [-0.1, -0.05) is 18.2 Å². The number of anilines is 4. The van der Waals surface area contributed by atoms with Crippen molar-refractivity contribution in [3.63, 3.8) is 0 Å². The molecule has 3 amide bonds. The quantitative estimate of drug-likeness (QED) is 0.188. The summed E-state index contributed by atoms with van der Waals surface area (Å²) in [7, 11) is 0. The predicted octanol–water partition coefficient (Wildman–Crippen LogP) is 7.45. The molecular formula is C41H40N6O4S. The van der Waals surface area contributed by atoms with Crippen LogP contribution in [0.15, 0.2) is 79.1 Å². The molecule has 2 aromatic carbocycles. The van der Waals surface area contributed by atoms with Crippen LogP contribution in [0.2, 0.25) is 0 Å². The van der Waals surface area contributed by atoms with E-state index in [1.165, 1.54) is 11.3 Å². The molecule has 0 unspecified atom stereocenters. The minimum absolute atomic E-state index is 0.160. The lowest BCUT2D eigenvalue weighted by molar-refractivity contribution is -0.000511. The van der Waals surface area contributed by atoms with E-state index in [0.717, 1.165) is 72.0 Å². The number of fused-ring (bicyclic) bond motifs is 3.